The van der Waals surface area contributed by atoms with Crippen LogP contribution in [0.2, 0.25) is 0 Å². The Labute approximate surface area is 147 Å². The highest BCUT2D eigenvalue weighted by Gasteiger charge is 2.37. The van der Waals surface area contributed by atoms with E-state index in [0.717, 1.165) is 0 Å². The van der Waals surface area contributed by atoms with Crippen molar-refractivity contribution in [2.45, 2.75) is 83.2 Å². The molecule has 0 radical (unpaired) electrons. The van der Waals surface area contributed by atoms with Gasteiger partial charge in [-0.2, -0.15) is 0 Å². The minimum atomic E-state index is 0.209. The summed E-state index contributed by atoms with van der Waals surface area (Å²) < 4.78 is 0. The first-order valence-corrected chi connectivity index (χ1v) is 9.40. The number of benzene rings is 1. The van der Waals surface area contributed by atoms with Gasteiger partial charge in [0.2, 0.25) is 0 Å². The van der Waals surface area contributed by atoms with Crippen LogP contribution in [-0.2, 0) is 15.9 Å². The van der Waals surface area contributed by atoms with E-state index in [-0.39, 0.29) is 10.6 Å². The van der Waals surface area contributed by atoms with Crippen molar-refractivity contribution in [3.63, 3.8) is 0 Å². The zero-order valence-corrected chi connectivity index (χ0v) is 17.1. The fourth-order valence-electron chi connectivity index (χ4n) is 3.61. The van der Waals surface area contributed by atoms with Gasteiger partial charge in [-0.05, 0) is 50.9 Å². The Morgan fingerprint density at radius 3 is 1.52 bits per heavy atom. The second-order valence-corrected chi connectivity index (χ2v) is 11.0. The summed E-state index contributed by atoms with van der Waals surface area (Å²) in [6, 6.07) is 7.46. The van der Waals surface area contributed by atoms with Gasteiger partial charge in [0.05, 0.1) is 0 Å². The summed E-state index contributed by atoms with van der Waals surface area (Å²) in [6.07, 6.45) is 5.32. The Hall–Kier alpha value is -0.585. The highest BCUT2D eigenvalue weighted by atomic mass is 14.4. The van der Waals surface area contributed by atoms with Gasteiger partial charge in [0.15, 0.2) is 0 Å². The molecule has 0 unspecified atom stereocenters. The van der Waals surface area contributed by atoms with E-state index in [1.54, 1.807) is 5.56 Å². The molecule has 3 heteroatoms. The van der Waals surface area contributed by atoms with Gasteiger partial charge >= 0.3 is 0 Å². The monoisotopic (exact) mass is 308 g/mol. The topological polar surface area (TPSA) is 0 Å². The lowest BCUT2D eigenvalue weighted by atomic mass is 9.52. The summed E-state index contributed by atoms with van der Waals surface area (Å²) in [5.74, 6) is 0. The van der Waals surface area contributed by atoms with Crippen LogP contribution in [0.4, 0.5) is 0 Å². The number of rotatable bonds is 3. The third-order valence-electron chi connectivity index (χ3n) is 6.07. The molecule has 23 heavy (non-hydrogen) atoms. The van der Waals surface area contributed by atoms with E-state index in [0.29, 0.717) is 10.7 Å². The third-order valence-corrected chi connectivity index (χ3v) is 6.07. The Bertz CT molecular complexity index is 531. The molecule has 1 aromatic rings. The maximum Gasteiger partial charge on any atom is 0.115 e. The Kier molecular flexibility index (Phi) is 4.68. The lowest BCUT2D eigenvalue weighted by molar-refractivity contribution is 0.206. The van der Waals surface area contributed by atoms with Gasteiger partial charge in [-0.3, -0.25) is 0 Å². The first kappa shape index (κ1) is 18.7. The molecule has 0 heterocycles. The van der Waals surface area contributed by atoms with Crippen LogP contribution in [0, 0.1) is 5.41 Å². The summed E-state index contributed by atoms with van der Waals surface area (Å²) in [5, 5.41) is 0.761. The normalized spacial score (nSPS) is 21.1. The molecule has 0 spiro atoms. The lowest BCUT2D eigenvalue weighted by Gasteiger charge is -2.43. The maximum atomic E-state index is 2.51. The van der Waals surface area contributed by atoms with Gasteiger partial charge in [0.1, 0.15) is 23.5 Å². The quantitative estimate of drug-likeness (QED) is 0.753. The molecule has 0 atom stereocenters. The molecular weight excluding hydrogens is 273 g/mol. The van der Waals surface area contributed by atoms with Crippen molar-refractivity contribution in [2.24, 2.45) is 5.41 Å². The van der Waals surface area contributed by atoms with Crippen LogP contribution < -0.4 is 0 Å². The second-order valence-electron chi connectivity index (χ2n) is 11.0. The highest BCUT2D eigenvalue weighted by Crippen LogP contribution is 2.46. The SMILES string of the molecule is BC(C)(C)c1cc(C(B)(C)C)cc(C2(B)CCC(C)(C)CC2)c1. The summed E-state index contributed by atoms with van der Waals surface area (Å²) in [5.41, 5.74) is 5.08. The molecule has 1 aromatic carbocycles. The molecule has 0 saturated heterocycles. The van der Waals surface area contributed by atoms with Crippen molar-refractivity contribution in [2.75, 3.05) is 0 Å². The molecule has 1 saturated carbocycles. The smallest absolute Gasteiger partial charge is 0.0632 e. The molecule has 1 aliphatic carbocycles. The lowest BCUT2D eigenvalue weighted by Crippen LogP contribution is -2.36. The van der Waals surface area contributed by atoms with E-state index in [1.165, 1.54) is 36.8 Å². The zero-order valence-electron chi connectivity index (χ0n) is 17.1. The molecule has 0 nitrogen and oxygen atoms in total. The minimum absolute atomic E-state index is 0.209. The Morgan fingerprint density at radius 1 is 0.783 bits per heavy atom. The van der Waals surface area contributed by atoms with Gasteiger partial charge in [-0.25, -0.2) is 0 Å². The third kappa shape index (κ3) is 4.28. The van der Waals surface area contributed by atoms with Crippen molar-refractivity contribution in [1.82, 2.24) is 0 Å². The van der Waals surface area contributed by atoms with Crippen LogP contribution in [0.1, 0.15) is 83.9 Å². The van der Waals surface area contributed by atoms with Gasteiger partial charge in [-0.15, -0.1) is 0 Å². The molecule has 2 rings (SSSR count). The maximum absolute atomic E-state index is 2.51. The molecule has 0 amide bonds. The van der Waals surface area contributed by atoms with E-state index in [4.69, 9.17) is 0 Å². The highest BCUT2D eigenvalue weighted by molar-refractivity contribution is 6.17. The van der Waals surface area contributed by atoms with Crippen molar-refractivity contribution in [1.29, 1.82) is 0 Å². The van der Waals surface area contributed by atoms with Crippen molar-refractivity contribution in [3.05, 3.63) is 34.9 Å². The predicted octanol–water partition coefficient (Wildman–Crippen LogP) is 2.85. The van der Waals surface area contributed by atoms with Gasteiger partial charge in [0.25, 0.3) is 0 Å². The largest absolute Gasteiger partial charge is 0.115 e. The van der Waals surface area contributed by atoms with E-state index in [1.807, 2.05) is 0 Å². The zero-order chi connectivity index (χ0) is 17.7. The van der Waals surface area contributed by atoms with Crippen molar-refractivity contribution >= 4 is 23.5 Å². The van der Waals surface area contributed by atoms with Gasteiger partial charge in [0, 0.05) is 0 Å². The number of hydrogen-bond acceptors (Lipinski definition) is 0. The summed E-state index contributed by atoms with van der Waals surface area (Å²) in [6.45, 7) is 14.2. The second kappa shape index (κ2) is 5.74. The number of hydrogen-bond donors (Lipinski definition) is 0. The summed E-state index contributed by atoms with van der Waals surface area (Å²) in [4.78, 5) is 0. The fraction of sp³-hybridized carbons (Fsp3) is 0.700. The van der Waals surface area contributed by atoms with Crippen LogP contribution in [0.25, 0.3) is 0 Å². The first-order chi connectivity index (χ1) is 10.2. The van der Waals surface area contributed by atoms with Crippen LogP contribution >= 0.6 is 0 Å². The first-order valence-electron chi connectivity index (χ1n) is 9.40. The average molecular weight is 308 g/mol. The van der Waals surface area contributed by atoms with Gasteiger partial charge < -0.3 is 0 Å². The Morgan fingerprint density at radius 2 is 1.17 bits per heavy atom. The molecule has 1 fully saturated rings. The van der Waals surface area contributed by atoms with Gasteiger partial charge in [-0.1, -0.05) is 72.6 Å². The fourth-order valence-corrected chi connectivity index (χ4v) is 3.61. The molecule has 124 valence electrons. The molecule has 0 aliphatic heterocycles. The molecular formula is C20H35B3. The van der Waals surface area contributed by atoms with E-state index in [2.05, 4.69) is 83.3 Å². The van der Waals surface area contributed by atoms with Crippen LogP contribution in [0.5, 0.6) is 0 Å². The average Bonchev–Trinajstić information content (AvgIpc) is 2.40. The molecule has 0 aromatic heterocycles. The Balaban J connectivity index is 2.50. The van der Waals surface area contributed by atoms with E-state index >= 15 is 0 Å². The van der Waals surface area contributed by atoms with Crippen LogP contribution in [0.3, 0.4) is 0 Å². The molecule has 0 bridgehead atoms. The van der Waals surface area contributed by atoms with Crippen molar-refractivity contribution < 1.29 is 0 Å². The van der Waals surface area contributed by atoms with E-state index < -0.39 is 0 Å². The minimum Gasteiger partial charge on any atom is -0.0632 e. The molecule has 1 aliphatic rings. The summed E-state index contributed by atoms with van der Waals surface area (Å²) in [7, 11) is 7.17. The van der Waals surface area contributed by atoms with Crippen LogP contribution in [-0.4, -0.2) is 23.5 Å². The molecule has 0 N–H and O–H groups in total. The summed E-state index contributed by atoms with van der Waals surface area (Å²) >= 11 is 0. The predicted molar refractivity (Wildman–Crippen MR) is 112 cm³/mol. The standard InChI is InChI=1S/C20H35B3/c1-17(2)7-9-20(23,10-8-17)16-12-14(18(3,4)21)11-15(13-16)19(5,6)22/h11-13H,7-10,21-23H2,1-6H3. The van der Waals surface area contributed by atoms with Crippen LogP contribution in [0.15, 0.2) is 18.2 Å². The van der Waals surface area contributed by atoms with E-state index in [9.17, 15) is 0 Å². The van der Waals surface area contributed by atoms with Crippen molar-refractivity contribution in [3.8, 4) is 0 Å².